The average molecular weight is 296 g/mol. The third-order valence-corrected chi connectivity index (χ3v) is 3.19. The van der Waals surface area contributed by atoms with Gasteiger partial charge in [-0.25, -0.2) is 0 Å². The van der Waals surface area contributed by atoms with E-state index in [1.807, 2.05) is 0 Å². The van der Waals surface area contributed by atoms with Crippen molar-refractivity contribution in [1.82, 2.24) is 0 Å². The number of hydrogen-bond donors (Lipinski definition) is 1. The SMILES string of the molecule is OCc1cc(Cl)cc(N2CCOCC2)c1C(F)(F)F. The zero-order valence-electron chi connectivity index (χ0n) is 10.0. The van der Waals surface area contributed by atoms with Crippen molar-refractivity contribution in [2.75, 3.05) is 31.2 Å². The molecule has 1 aromatic carbocycles. The quantitative estimate of drug-likeness (QED) is 0.910. The lowest BCUT2D eigenvalue weighted by Gasteiger charge is -2.32. The number of halogens is 4. The summed E-state index contributed by atoms with van der Waals surface area (Å²) in [5, 5.41) is 9.31. The van der Waals surface area contributed by atoms with Gasteiger partial charge in [-0.3, -0.25) is 0 Å². The van der Waals surface area contributed by atoms with Crippen molar-refractivity contribution >= 4 is 17.3 Å². The smallest absolute Gasteiger partial charge is 0.392 e. The van der Waals surface area contributed by atoms with Crippen LogP contribution in [0.25, 0.3) is 0 Å². The highest BCUT2D eigenvalue weighted by molar-refractivity contribution is 6.31. The van der Waals surface area contributed by atoms with Crippen LogP contribution in [0, 0.1) is 0 Å². The summed E-state index contributed by atoms with van der Waals surface area (Å²) in [7, 11) is 0. The Balaban J connectivity index is 2.53. The average Bonchev–Trinajstić information content (AvgIpc) is 2.37. The van der Waals surface area contributed by atoms with Crippen molar-refractivity contribution in [3.8, 4) is 0 Å². The summed E-state index contributed by atoms with van der Waals surface area (Å²) < 4.78 is 44.6. The monoisotopic (exact) mass is 295 g/mol. The molecule has 19 heavy (non-hydrogen) atoms. The lowest BCUT2D eigenvalue weighted by molar-refractivity contribution is -0.138. The molecule has 0 aliphatic carbocycles. The highest BCUT2D eigenvalue weighted by Gasteiger charge is 2.38. The van der Waals surface area contributed by atoms with Crippen LogP contribution >= 0.6 is 11.6 Å². The van der Waals surface area contributed by atoms with Gasteiger partial charge in [0.25, 0.3) is 0 Å². The first-order chi connectivity index (χ1) is 8.93. The molecule has 1 N–H and O–H groups in total. The summed E-state index contributed by atoms with van der Waals surface area (Å²) in [6, 6.07) is 2.43. The molecule has 1 aliphatic heterocycles. The van der Waals surface area contributed by atoms with Gasteiger partial charge in [0.1, 0.15) is 0 Å². The van der Waals surface area contributed by atoms with E-state index in [0.29, 0.717) is 26.3 Å². The van der Waals surface area contributed by atoms with Crippen LogP contribution in [0.4, 0.5) is 18.9 Å². The Morgan fingerprint density at radius 3 is 2.42 bits per heavy atom. The van der Waals surface area contributed by atoms with Gasteiger partial charge in [0, 0.05) is 18.1 Å². The first-order valence-corrected chi connectivity index (χ1v) is 6.14. The number of morpholine rings is 1. The van der Waals surface area contributed by atoms with Gasteiger partial charge in [-0.05, 0) is 17.7 Å². The Morgan fingerprint density at radius 2 is 1.89 bits per heavy atom. The lowest BCUT2D eigenvalue weighted by atomic mass is 10.0. The van der Waals surface area contributed by atoms with Crippen LogP contribution in [-0.2, 0) is 17.5 Å². The Hall–Kier alpha value is -0.980. The molecule has 2 rings (SSSR count). The molecular formula is C12H13ClF3NO2. The third kappa shape index (κ3) is 3.13. The summed E-state index contributed by atoms with van der Waals surface area (Å²) in [5.74, 6) is 0. The largest absolute Gasteiger partial charge is 0.418 e. The van der Waals surface area contributed by atoms with Gasteiger partial charge < -0.3 is 14.7 Å². The van der Waals surface area contributed by atoms with Gasteiger partial charge in [-0.1, -0.05) is 11.6 Å². The standard InChI is InChI=1S/C12H13ClF3NO2/c13-9-5-8(7-18)11(12(14,15)16)10(6-9)17-1-3-19-4-2-17/h5-6,18H,1-4,7H2. The number of aliphatic hydroxyl groups is 1. The Bertz CT molecular complexity index is 459. The summed E-state index contributed by atoms with van der Waals surface area (Å²) in [6.07, 6.45) is -4.53. The number of rotatable bonds is 2. The minimum atomic E-state index is -4.53. The number of nitrogens with zero attached hydrogens (tertiary/aromatic N) is 1. The molecule has 0 saturated carbocycles. The van der Waals surface area contributed by atoms with E-state index in [1.54, 1.807) is 4.90 Å². The molecule has 1 fully saturated rings. The first-order valence-electron chi connectivity index (χ1n) is 5.76. The first kappa shape index (κ1) is 14.4. The number of ether oxygens (including phenoxy) is 1. The van der Waals surface area contributed by atoms with Crippen LogP contribution in [0.1, 0.15) is 11.1 Å². The molecule has 1 saturated heterocycles. The Morgan fingerprint density at radius 1 is 1.26 bits per heavy atom. The molecule has 106 valence electrons. The van der Waals surface area contributed by atoms with E-state index in [-0.39, 0.29) is 16.3 Å². The van der Waals surface area contributed by atoms with Gasteiger partial charge in [0.2, 0.25) is 0 Å². The normalized spacial score (nSPS) is 16.8. The molecular weight excluding hydrogens is 283 g/mol. The highest BCUT2D eigenvalue weighted by Crippen LogP contribution is 2.41. The fourth-order valence-corrected chi connectivity index (χ4v) is 2.39. The molecule has 1 aliphatic rings. The zero-order chi connectivity index (χ0) is 14.0. The maximum absolute atomic E-state index is 13.2. The summed E-state index contributed by atoms with van der Waals surface area (Å²) in [5.41, 5.74) is -1.02. The van der Waals surface area contributed by atoms with Crippen molar-refractivity contribution in [1.29, 1.82) is 0 Å². The van der Waals surface area contributed by atoms with Gasteiger partial charge in [0.05, 0.1) is 31.1 Å². The van der Waals surface area contributed by atoms with Gasteiger partial charge in [0.15, 0.2) is 0 Å². The summed E-state index contributed by atoms with van der Waals surface area (Å²) >= 11 is 5.83. The Labute approximate surface area is 113 Å². The second-order valence-electron chi connectivity index (χ2n) is 4.21. The number of aliphatic hydroxyl groups excluding tert-OH is 1. The van der Waals surface area contributed by atoms with Crippen LogP contribution in [0.15, 0.2) is 12.1 Å². The maximum Gasteiger partial charge on any atom is 0.418 e. The molecule has 0 spiro atoms. The minimum Gasteiger partial charge on any atom is -0.392 e. The number of alkyl halides is 3. The lowest BCUT2D eigenvalue weighted by Crippen LogP contribution is -2.37. The molecule has 0 radical (unpaired) electrons. The second-order valence-corrected chi connectivity index (χ2v) is 4.65. The molecule has 0 atom stereocenters. The fourth-order valence-electron chi connectivity index (χ4n) is 2.15. The highest BCUT2D eigenvalue weighted by atomic mass is 35.5. The predicted octanol–water partition coefficient (Wildman–Crippen LogP) is 2.69. The van der Waals surface area contributed by atoms with E-state index >= 15 is 0 Å². The number of hydrogen-bond acceptors (Lipinski definition) is 3. The summed E-state index contributed by atoms with van der Waals surface area (Å²) in [4.78, 5) is 1.58. The zero-order valence-corrected chi connectivity index (χ0v) is 10.8. The Kier molecular flexibility index (Phi) is 4.23. The van der Waals surface area contributed by atoms with Crippen molar-refractivity contribution in [2.45, 2.75) is 12.8 Å². The number of benzene rings is 1. The summed E-state index contributed by atoms with van der Waals surface area (Å²) in [6.45, 7) is 0.784. The molecule has 1 aromatic rings. The maximum atomic E-state index is 13.2. The van der Waals surface area contributed by atoms with Crippen LogP contribution in [0.2, 0.25) is 5.02 Å². The number of anilines is 1. The van der Waals surface area contributed by atoms with E-state index in [9.17, 15) is 13.2 Å². The van der Waals surface area contributed by atoms with E-state index in [1.165, 1.54) is 6.07 Å². The van der Waals surface area contributed by atoms with Crippen LogP contribution in [-0.4, -0.2) is 31.4 Å². The van der Waals surface area contributed by atoms with Crippen LogP contribution in [0.3, 0.4) is 0 Å². The molecule has 3 nitrogen and oxygen atoms in total. The second kappa shape index (κ2) is 5.56. The molecule has 0 aromatic heterocycles. The third-order valence-electron chi connectivity index (χ3n) is 2.97. The fraction of sp³-hybridized carbons (Fsp3) is 0.500. The minimum absolute atomic E-state index is 0.00681. The van der Waals surface area contributed by atoms with Crippen molar-refractivity contribution in [2.24, 2.45) is 0 Å². The molecule has 0 bridgehead atoms. The van der Waals surface area contributed by atoms with Gasteiger partial charge in [-0.15, -0.1) is 0 Å². The van der Waals surface area contributed by atoms with Gasteiger partial charge >= 0.3 is 6.18 Å². The van der Waals surface area contributed by atoms with Crippen molar-refractivity contribution in [3.63, 3.8) is 0 Å². The predicted molar refractivity (Wildman–Crippen MR) is 65.4 cm³/mol. The molecule has 0 unspecified atom stereocenters. The molecule has 1 heterocycles. The van der Waals surface area contributed by atoms with E-state index in [0.717, 1.165) is 6.07 Å². The van der Waals surface area contributed by atoms with Crippen LogP contribution in [0.5, 0.6) is 0 Å². The van der Waals surface area contributed by atoms with Crippen LogP contribution < -0.4 is 4.90 Å². The van der Waals surface area contributed by atoms with E-state index in [4.69, 9.17) is 21.4 Å². The topological polar surface area (TPSA) is 32.7 Å². The van der Waals surface area contributed by atoms with Crippen molar-refractivity contribution in [3.05, 3.63) is 28.3 Å². The molecule has 0 amide bonds. The van der Waals surface area contributed by atoms with E-state index in [2.05, 4.69) is 0 Å². The van der Waals surface area contributed by atoms with Crippen molar-refractivity contribution < 1.29 is 23.0 Å². The molecule has 7 heteroatoms. The van der Waals surface area contributed by atoms with E-state index < -0.39 is 18.3 Å². The van der Waals surface area contributed by atoms with Gasteiger partial charge in [-0.2, -0.15) is 13.2 Å².